The Balaban J connectivity index is 1.48. The second-order valence-corrected chi connectivity index (χ2v) is 7.82. The number of rotatable bonds is 8. The molecule has 1 fully saturated rings. The predicted octanol–water partition coefficient (Wildman–Crippen LogP) is 2.35. The molecule has 0 spiro atoms. The van der Waals surface area contributed by atoms with E-state index in [0.29, 0.717) is 24.6 Å². The van der Waals surface area contributed by atoms with Gasteiger partial charge in [0.1, 0.15) is 0 Å². The second-order valence-electron chi connectivity index (χ2n) is 7.82. The van der Waals surface area contributed by atoms with Crippen molar-refractivity contribution in [2.75, 3.05) is 26.2 Å². The summed E-state index contributed by atoms with van der Waals surface area (Å²) in [6.07, 6.45) is 4.27. The van der Waals surface area contributed by atoms with Crippen molar-refractivity contribution in [3.05, 3.63) is 47.3 Å². The number of aromatic nitrogens is 3. The fraction of sp³-hybridized carbons (Fsp3) is 0.571. The third-order valence-corrected chi connectivity index (χ3v) is 5.35. The highest BCUT2D eigenvalue weighted by Gasteiger charge is 2.22. The van der Waals surface area contributed by atoms with Gasteiger partial charge in [0.25, 0.3) is 5.91 Å². The Labute approximate surface area is 166 Å². The van der Waals surface area contributed by atoms with E-state index in [-0.39, 0.29) is 18.6 Å². The molecule has 2 heterocycles. The predicted molar refractivity (Wildman–Crippen MR) is 108 cm³/mol. The topological polar surface area (TPSA) is 83.3 Å². The van der Waals surface area contributed by atoms with Crippen LogP contribution in [-0.4, -0.2) is 57.1 Å². The molecule has 1 aromatic carbocycles. The first-order chi connectivity index (χ1) is 13.6. The minimum absolute atomic E-state index is 0.0629. The van der Waals surface area contributed by atoms with Crippen molar-refractivity contribution in [2.45, 2.75) is 51.6 Å². The van der Waals surface area contributed by atoms with Crippen LogP contribution in [0.4, 0.5) is 0 Å². The van der Waals surface area contributed by atoms with Crippen molar-refractivity contribution in [3.8, 4) is 0 Å². The summed E-state index contributed by atoms with van der Waals surface area (Å²) in [5, 5.41) is 19.7. The van der Waals surface area contributed by atoms with Crippen molar-refractivity contribution in [2.24, 2.45) is 0 Å². The van der Waals surface area contributed by atoms with E-state index in [1.54, 1.807) is 6.20 Å². The van der Waals surface area contributed by atoms with Crippen LogP contribution in [0.2, 0.25) is 0 Å². The molecule has 28 heavy (non-hydrogen) atoms. The molecular weight excluding hydrogens is 354 g/mol. The number of hydrogen-bond acceptors (Lipinski definition) is 5. The molecule has 1 aliphatic rings. The van der Waals surface area contributed by atoms with Gasteiger partial charge in [-0.15, -0.1) is 5.10 Å². The Kier molecular flexibility index (Phi) is 7.17. The number of carbonyl (C=O) groups is 1. The Morgan fingerprint density at radius 1 is 1.25 bits per heavy atom. The summed E-state index contributed by atoms with van der Waals surface area (Å²) in [6.45, 7) is 7.93. The number of amides is 1. The van der Waals surface area contributed by atoms with Gasteiger partial charge in [-0.1, -0.05) is 43.3 Å². The van der Waals surface area contributed by atoms with E-state index in [1.807, 2.05) is 4.68 Å². The lowest BCUT2D eigenvalue weighted by Gasteiger charge is -2.31. The molecule has 2 N–H and O–H groups in total. The highest BCUT2D eigenvalue weighted by Crippen LogP contribution is 2.23. The Morgan fingerprint density at radius 2 is 1.96 bits per heavy atom. The maximum absolute atomic E-state index is 12.0. The Morgan fingerprint density at radius 3 is 2.61 bits per heavy atom. The van der Waals surface area contributed by atoms with Gasteiger partial charge < -0.3 is 10.4 Å². The summed E-state index contributed by atoms with van der Waals surface area (Å²) >= 11 is 0. The van der Waals surface area contributed by atoms with Crippen LogP contribution >= 0.6 is 0 Å². The molecule has 0 atom stereocenters. The largest absolute Gasteiger partial charge is 0.396 e. The quantitative estimate of drug-likeness (QED) is 0.682. The van der Waals surface area contributed by atoms with E-state index in [4.69, 9.17) is 5.11 Å². The molecule has 3 rings (SSSR count). The fourth-order valence-electron chi connectivity index (χ4n) is 3.54. The van der Waals surface area contributed by atoms with Crippen molar-refractivity contribution in [1.29, 1.82) is 0 Å². The number of aliphatic hydroxyl groups excluding tert-OH is 1. The third kappa shape index (κ3) is 5.39. The van der Waals surface area contributed by atoms with E-state index >= 15 is 0 Å². The lowest BCUT2D eigenvalue weighted by Crippen LogP contribution is -2.34. The molecule has 152 valence electrons. The van der Waals surface area contributed by atoms with Crippen molar-refractivity contribution in [3.63, 3.8) is 0 Å². The number of hydrogen-bond donors (Lipinski definition) is 2. The minimum atomic E-state index is -0.234. The van der Waals surface area contributed by atoms with E-state index in [0.717, 1.165) is 32.5 Å². The first-order valence-electron chi connectivity index (χ1n) is 10.2. The Hall–Kier alpha value is -2.25. The van der Waals surface area contributed by atoms with E-state index in [1.165, 1.54) is 11.1 Å². The van der Waals surface area contributed by atoms with Crippen LogP contribution < -0.4 is 5.32 Å². The number of nitrogens with zero attached hydrogens (tertiary/aromatic N) is 4. The van der Waals surface area contributed by atoms with Crippen LogP contribution in [0.1, 0.15) is 66.7 Å². The van der Waals surface area contributed by atoms with E-state index in [2.05, 4.69) is 58.6 Å². The van der Waals surface area contributed by atoms with Gasteiger partial charge in [0, 0.05) is 32.8 Å². The average molecular weight is 386 g/mol. The van der Waals surface area contributed by atoms with Gasteiger partial charge in [-0.05, 0) is 36.3 Å². The first-order valence-corrected chi connectivity index (χ1v) is 10.2. The van der Waals surface area contributed by atoms with Gasteiger partial charge in [-0.25, -0.2) is 4.68 Å². The number of carbonyl (C=O) groups excluding carboxylic acids is 1. The maximum atomic E-state index is 12.0. The molecule has 1 aliphatic heterocycles. The first kappa shape index (κ1) is 20.5. The van der Waals surface area contributed by atoms with Crippen LogP contribution in [0.25, 0.3) is 0 Å². The zero-order chi connectivity index (χ0) is 19.9. The zero-order valence-electron chi connectivity index (χ0n) is 16.8. The van der Waals surface area contributed by atoms with Crippen LogP contribution in [-0.2, 0) is 6.54 Å². The number of nitrogens with one attached hydrogen (secondary N) is 1. The molecular formula is C21H31N5O2. The molecule has 0 bridgehead atoms. The molecule has 1 aromatic heterocycles. The van der Waals surface area contributed by atoms with Crippen molar-refractivity contribution in [1.82, 2.24) is 25.2 Å². The third-order valence-electron chi connectivity index (χ3n) is 5.35. The highest BCUT2D eigenvalue weighted by atomic mass is 16.3. The summed E-state index contributed by atoms with van der Waals surface area (Å²) in [5.74, 6) is 0.330. The lowest BCUT2D eigenvalue weighted by atomic mass is 10.0. The summed E-state index contributed by atoms with van der Waals surface area (Å²) < 4.78 is 1.83. The van der Waals surface area contributed by atoms with Crippen molar-refractivity contribution >= 4 is 5.91 Å². The molecule has 1 saturated heterocycles. The summed E-state index contributed by atoms with van der Waals surface area (Å²) in [6, 6.07) is 9.22. The molecule has 7 nitrogen and oxygen atoms in total. The van der Waals surface area contributed by atoms with E-state index < -0.39 is 0 Å². The molecule has 1 amide bonds. The monoisotopic (exact) mass is 385 g/mol. The standard InChI is InChI=1S/C21H31N5O2/c1-16(2)18-6-4-17(5-7-18)14-25-11-8-19(9-12-25)26-15-20(23-24-26)21(28)22-10-3-13-27/h4-7,15-16,19,27H,3,8-14H2,1-2H3,(H,22,28). The average Bonchev–Trinajstić information content (AvgIpc) is 3.19. The normalized spacial score (nSPS) is 15.9. The smallest absolute Gasteiger partial charge is 0.273 e. The number of likely N-dealkylation sites (tertiary alicyclic amines) is 1. The van der Waals surface area contributed by atoms with Crippen LogP contribution in [0.5, 0.6) is 0 Å². The molecule has 2 aromatic rings. The molecule has 0 unspecified atom stereocenters. The SMILES string of the molecule is CC(C)c1ccc(CN2CCC(n3cc(C(=O)NCCCO)nn3)CC2)cc1. The zero-order valence-corrected chi connectivity index (χ0v) is 16.8. The van der Waals surface area contributed by atoms with Gasteiger partial charge in [-0.3, -0.25) is 9.69 Å². The summed E-state index contributed by atoms with van der Waals surface area (Å²) in [7, 11) is 0. The lowest BCUT2D eigenvalue weighted by molar-refractivity contribution is 0.0946. The van der Waals surface area contributed by atoms with Gasteiger partial charge in [0.05, 0.1) is 12.2 Å². The van der Waals surface area contributed by atoms with Gasteiger partial charge in [0.2, 0.25) is 0 Å². The molecule has 0 aliphatic carbocycles. The van der Waals surface area contributed by atoms with Gasteiger partial charge in [0.15, 0.2) is 5.69 Å². The molecule has 0 radical (unpaired) electrons. The van der Waals surface area contributed by atoms with Crippen LogP contribution in [0.15, 0.2) is 30.5 Å². The van der Waals surface area contributed by atoms with Crippen LogP contribution in [0, 0.1) is 0 Å². The Bertz CT molecular complexity index is 748. The number of piperidine rings is 1. The fourth-order valence-corrected chi connectivity index (χ4v) is 3.54. The molecule has 0 saturated carbocycles. The van der Waals surface area contributed by atoms with Crippen LogP contribution in [0.3, 0.4) is 0 Å². The number of aliphatic hydroxyl groups is 1. The highest BCUT2D eigenvalue weighted by molar-refractivity contribution is 5.91. The van der Waals surface area contributed by atoms with Gasteiger partial charge in [-0.2, -0.15) is 0 Å². The second kappa shape index (κ2) is 9.80. The summed E-state index contributed by atoms with van der Waals surface area (Å²) in [4.78, 5) is 14.5. The maximum Gasteiger partial charge on any atom is 0.273 e. The molecule has 7 heteroatoms. The summed E-state index contributed by atoms with van der Waals surface area (Å²) in [5.41, 5.74) is 3.07. The van der Waals surface area contributed by atoms with E-state index in [9.17, 15) is 4.79 Å². The number of benzene rings is 1. The minimum Gasteiger partial charge on any atom is -0.396 e. The van der Waals surface area contributed by atoms with Gasteiger partial charge >= 0.3 is 0 Å². The van der Waals surface area contributed by atoms with Crippen molar-refractivity contribution < 1.29 is 9.90 Å².